The summed E-state index contributed by atoms with van der Waals surface area (Å²) in [6.45, 7) is 6.58. The first-order valence-corrected chi connectivity index (χ1v) is 8.14. The fraction of sp³-hybridized carbons (Fsp3) is 0.909. The molecule has 0 bridgehead atoms. The van der Waals surface area contributed by atoms with E-state index in [9.17, 15) is 0 Å². The molecular weight excluding hydrogens is 258 g/mol. The molecule has 0 unspecified atom stereocenters. The van der Waals surface area contributed by atoms with Crippen LogP contribution in [0.4, 0.5) is 0 Å². The van der Waals surface area contributed by atoms with Crippen molar-refractivity contribution >= 4 is 40.3 Å². The molecule has 0 saturated heterocycles. The van der Waals surface area contributed by atoms with Crippen molar-refractivity contribution in [1.29, 1.82) is 0 Å². The molecule has 16 heavy (non-hydrogen) atoms. The van der Waals surface area contributed by atoms with Crippen molar-refractivity contribution in [2.24, 2.45) is 0 Å². The van der Waals surface area contributed by atoms with Crippen LogP contribution in [0, 0.1) is 0 Å². The zero-order valence-corrected chi connectivity index (χ0v) is 13.0. The van der Waals surface area contributed by atoms with E-state index in [1.165, 1.54) is 24.9 Å². The summed E-state index contributed by atoms with van der Waals surface area (Å²) < 4.78 is 6.00. The summed E-state index contributed by atoms with van der Waals surface area (Å²) in [5.74, 6) is 2.15. The number of rotatable bonds is 9. The highest BCUT2D eigenvalue weighted by atomic mass is 32.2. The molecule has 96 valence electrons. The normalized spacial score (nSPS) is 10.4. The van der Waals surface area contributed by atoms with Crippen molar-refractivity contribution in [3.05, 3.63) is 0 Å². The summed E-state index contributed by atoms with van der Waals surface area (Å²) >= 11 is 8.76. The van der Waals surface area contributed by atoms with Gasteiger partial charge in [-0.15, -0.1) is 0 Å². The van der Waals surface area contributed by atoms with Crippen LogP contribution in [0.15, 0.2) is 0 Å². The van der Waals surface area contributed by atoms with Crippen LogP contribution in [0.2, 0.25) is 0 Å². The van der Waals surface area contributed by atoms with Crippen LogP contribution in [0.3, 0.4) is 0 Å². The highest BCUT2D eigenvalue weighted by Gasteiger charge is 2.07. The molecule has 0 radical (unpaired) electrons. The van der Waals surface area contributed by atoms with E-state index in [1.54, 1.807) is 18.9 Å². The molecule has 0 aliphatic carbocycles. The van der Waals surface area contributed by atoms with Gasteiger partial charge in [0.2, 0.25) is 0 Å². The average Bonchev–Trinajstić information content (AvgIpc) is 2.28. The van der Waals surface area contributed by atoms with Gasteiger partial charge in [0.1, 0.15) is 4.32 Å². The molecule has 0 N–H and O–H groups in total. The van der Waals surface area contributed by atoms with E-state index < -0.39 is 0 Å². The Kier molecular flexibility index (Phi) is 12.4. The first-order chi connectivity index (χ1) is 7.76. The minimum absolute atomic E-state index is 1.05. The largest absolute Gasteiger partial charge is 0.358 e. The Morgan fingerprint density at radius 1 is 1.19 bits per heavy atom. The van der Waals surface area contributed by atoms with Crippen molar-refractivity contribution in [1.82, 2.24) is 4.90 Å². The summed E-state index contributed by atoms with van der Waals surface area (Å²) in [7, 11) is 1.71. The second-order valence-electron chi connectivity index (χ2n) is 3.44. The SMILES string of the molecule is CCCN(CCC)C(=S)SCCCSOC. The summed E-state index contributed by atoms with van der Waals surface area (Å²) in [5, 5.41) is 0. The van der Waals surface area contributed by atoms with Gasteiger partial charge in [-0.25, -0.2) is 0 Å². The topological polar surface area (TPSA) is 12.5 Å². The van der Waals surface area contributed by atoms with E-state index in [1.807, 2.05) is 0 Å². The maximum atomic E-state index is 5.44. The molecule has 0 aromatic carbocycles. The molecule has 0 aromatic heterocycles. The van der Waals surface area contributed by atoms with E-state index in [0.717, 1.165) is 35.3 Å². The Morgan fingerprint density at radius 2 is 1.81 bits per heavy atom. The fourth-order valence-electron chi connectivity index (χ4n) is 1.29. The molecule has 0 aliphatic rings. The van der Waals surface area contributed by atoms with Gasteiger partial charge in [-0.05, 0) is 31.3 Å². The number of hydrogen-bond donors (Lipinski definition) is 0. The molecule has 0 atom stereocenters. The van der Waals surface area contributed by atoms with Gasteiger partial charge in [-0.3, -0.25) is 0 Å². The average molecular weight is 282 g/mol. The Morgan fingerprint density at radius 3 is 2.31 bits per heavy atom. The monoisotopic (exact) mass is 281 g/mol. The summed E-state index contributed by atoms with van der Waals surface area (Å²) in [5.41, 5.74) is 0. The molecule has 5 heteroatoms. The second kappa shape index (κ2) is 12.0. The zero-order chi connectivity index (χ0) is 12.2. The Balaban J connectivity index is 3.65. The molecule has 0 saturated carbocycles. The van der Waals surface area contributed by atoms with Crippen LogP contribution in [0.25, 0.3) is 0 Å². The number of hydrogen-bond acceptors (Lipinski definition) is 4. The van der Waals surface area contributed by atoms with Gasteiger partial charge in [-0.2, -0.15) is 0 Å². The van der Waals surface area contributed by atoms with Crippen LogP contribution in [-0.4, -0.2) is 40.9 Å². The van der Waals surface area contributed by atoms with E-state index in [2.05, 4.69) is 18.7 Å². The lowest BCUT2D eigenvalue weighted by Crippen LogP contribution is -2.29. The second-order valence-corrected chi connectivity index (χ2v) is 6.15. The molecule has 0 amide bonds. The standard InChI is InChI=1S/C11H23NOS3/c1-4-7-12(8-5-2)11(14)15-9-6-10-16-13-3/h4-10H2,1-3H3. The van der Waals surface area contributed by atoms with Crippen molar-refractivity contribution in [3.8, 4) is 0 Å². The molecule has 0 aliphatic heterocycles. The minimum atomic E-state index is 1.05. The van der Waals surface area contributed by atoms with Crippen molar-refractivity contribution in [2.45, 2.75) is 33.1 Å². The van der Waals surface area contributed by atoms with Gasteiger partial charge in [0.05, 0.1) is 7.11 Å². The first-order valence-electron chi connectivity index (χ1n) is 5.83. The quantitative estimate of drug-likeness (QED) is 0.361. The third-order valence-electron chi connectivity index (χ3n) is 1.96. The third kappa shape index (κ3) is 8.67. The highest BCUT2D eigenvalue weighted by Crippen LogP contribution is 2.13. The predicted octanol–water partition coefficient (Wildman–Crippen LogP) is 3.81. The Bertz CT molecular complexity index is 173. The number of thioether (sulfide) groups is 1. The lowest BCUT2D eigenvalue weighted by Gasteiger charge is -2.23. The van der Waals surface area contributed by atoms with Crippen LogP contribution in [0.5, 0.6) is 0 Å². The lowest BCUT2D eigenvalue weighted by molar-refractivity contribution is 0.430. The fourth-order valence-corrected chi connectivity index (χ4v) is 3.16. The zero-order valence-electron chi connectivity index (χ0n) is 10.5. The lowest BCUT2D eigenvalue weighted by atomic mass is 10.4. The number of thiocarbonyl (C=S) groups is 1. The molecule has 2 nitrogen and oxygen atoms in total. The van der Waals surface area contributed by atoms with Gasteiger partial charge in [-0.1, -0.05) is 37.8 Å². The highest BCUT2D eigenvalue weighted by molar-refractivity contribution is 8.22. The molecule has 0 heterocycles. The number of nitrogens with zero attached hydrogens (tertiary/aromatic N) is 1. The van der Waals surface area contributed by atoms with E-state index >= 15 is 0 Å². The molecule has 0 fully saturated rings. The minimum Gasteiger partial charge on any atom is -0.358 e. The third-order valence-corrected chi connectivity index (χ3v) is 4.26. The van der Waals surface area contributed by atoms with Crippen LogP contribution < -0.4 is 0 Å². The van der Waals surface area contributed by atoms with E-state index in [-0.39, 0.29) is 0 Å². The summed E-state index contributed by atoms with van der Waals surface area (Å²) in [4.78, 5) is 2.32. The van der Waals surface area contributed by atoms with Gasteiger partial charge in [0, 0.05) is 24.6 Å². The van der Waals surface area contributed by atoms with E-state index in [4.69, 9.17) is 16.4 Å². The van der Waals surface area contributed by atoms with Gasteiger partial charge < -0.3 is 9.08 Å². The van der Waals surface area contributed by atoms with Crippen molar-refractivity contribution in [2.75, 3.05) is 31.7 Å². The van der Waals surface area contributed by atoms with Gasteiger partial charge in [0.25, 0.3) is 0 Å². The molecule has 0 rings (SSSR count). The summed E-state index contributed by atoms with van der Waals surface area (Å²) in [6.07, 6.45) is 3.48. The van der Waals surface area contributed by atoms with Gasteiger partial charge in [0.15, 0.2) is 0 Å². The van der Waals surface area contributed by atoms with E-state index in [0.29, 0.717) is 0 Å². The van der Waals surface area contributed by atoms with Crippen molar-refractivity contribution < 1.29 is 4.18 Å². The van der Waals surface area contributed by atoms with Crippen LogP contribution >= 0.6 is 36.0 Å². The molecule has 0 spiro atoms. The van der Waals surface area contributed by atoms with Crippen LogP contribution in [-0.2, 0) is 4.18 Å². The van der Waals surface area contributed by atoms with Gasteiger partial charge >= 0.3 is 0 Å². The van der Waals surface area contributed by atoms with Crippen molar-refractivity contribution in [3.63, 3.8) is 0 Å². The Hall–Kier alpha value is 0.550. The first kappa shape index (κ1) is 16.6. The predicted molar refractivity (Wildman–Crippen MR) is 81.3 cm³/mol. The summed E-state index contributed by atoms with van der Waals surface area (Å²) in [6, 6.07) is 0. The maximum absolute atomic E-state index is 5.44. The Labute approximate surface area is 114 Å². The maximum Gasteiger partial charge on any atom is 0.136 e. The smallest absolute Gasteiger partial charge is 0.136 e. The molecule has 0 aromatic rings. The van der Waals surface area contributed by atoms with Crippen LogP contribution in [0.1, 0.15) is 33.1 Å². The molecular formula is C11H23NOS3.